The molecule has 1 aromatic carbocycles. The highest BCUT2D eigenvalue weighted by molar-refractivity contribution is 14.0. The number of likely N-dealkylation sites (N-methyl/N-ethyl adjacent to an activating group) is 1. The van der Waals surface area contributed by atoms with Crippen molar-refractivity contribution < 1.29 is 14.3 Å². The van der Waals surface area contributed by atoms with Crippen LogP contribution in [0.15, 0.2) is 23.2 Å². The summed E-state index contributed by atoms with van der Waals surface area (Å²) in [5.74, 6) is -0.646. The molecule has 24 heavy (non-hydrogen) atoms. The first kappa shape index (κ1) is 22.4. The number of guanidine groups is 1. The minimum Gasteiger partial charge on any atom is -0.505 e. The maximum absolute atomic E-state index is 13.3. The predicted molar refractivity (Wildman–Crippen MR) is 104 cm³/mol. The van der Waals surface area contributed by atoms with Crippen LogP contribution in [0.5, 0.6) is 5.75 Å². The second-order valence-corrected chi connectivity index (χ2v) is 6.34. The Labute approximate surface area is 159 Å². The van der Waals surface area contributed by atoms with Gasteiger partial charge in [0.1, 0.15) is 0 Å². The van der Waals surface area contributed by atoms with Crippen LogP contribution in [0.3, 0.4) is 0 Å². The van der Waals surface area contributed by atoms with Crippen molar-refractivity contribution in [2.75, 3.05) is 20.6 Å². The number of phenolic OH excluding ortho intramolecular Hbond substituents is 1. The van der Waals surface area contributed by atoms with Crippen molar-refractivity contribution in [2.24, 2.45) is 4.99 Å². The van der Waals surface area contributed by atoms with Gasteiger partial charge in [0, 0.05) is 26.2 Å². The average Bonchev–Trinajstić information content (AvgIpc) is 2.41. The summed E-state index contributed by atoms with van der Waals surface area (Å²) in [4.78, 5) is 17.7. The maximum atomic E-state index is 13.3. The summed E-state index contributed by atoms with van der Waals surface area (Å²) in [6, 6.07) is 4.17. The topological polar surface area (TPSA) is 77.0 Å². The summed E-state index contributed by atoms with van der Waals surface area (Å²) in [7, 11) is 3.35. The van der Waals surface area contributed by atoms with Crippen LogP contribution in [0.2, 0.25) is 0 Å². The SMILES string of the molecule is CN=C(NCc1ccc(O)c(F)c1)N(C)CC(=O)NC(C)(C)C.I. The monoisotopic (exact) mass is 452 g/mol. The number of phenols is 1. The van der Waals surface area contributed by atoms with E-state index in [1.54, 1.807) is 25.1 Å². The van der Waals surface area contributed by atoms with Crippen LogP contribution in [-0.2, 0) is 11.3 Å². The van der Waals surface area contributed by atoms with Gasteiger partial charge in [-0.2, -0.15) is 0 Å². The molecule has 0 unspecified atom stereocenters. The van der Waals surface area contributed by atoms with Gasteiger partial charge >= 0.3 is 0 Å². The summed E-state index contributed by atoms with van der Waals surface area (Å²) >= 11 is 0. The van der Waals surface area contributed by atoms with Crippen molar-refractivity contribution in [3.05, 3.63) is 29.6 Å². The normalized spacial score (nSPS) is 11.5. The lowest BCUT2D eigenvalue weighted by Crippen LogP contribution is -2.48. The minimum absolute atomic E-state index is 0. The zero-order valence-corrected chi connectivity index (χ0v) is 17.0. The van der Waals surface area contributed by atoms with Crippen LogP contribution in [0.25, 0.3) is 0 Å². The van der Waals surface area contributed by atoms with E-state index in [1.807, 2.05) is 20.8 Å². The number of rotatable bonds is 4. The van der Waals surface area contributed by atoms with E-state index in [4.69, 9.17) is 0 Å². The van der Waals surface area contributed by atoms with Crippen LogP contribution < -0.4 is 10.6 Å². The summed E-state index contributed by atoms with van der Waals surface area (Å²) in [6.07, 6.45) is 0. The smallest absolute Gasteiger partial charge is 0.240 e. The Bertz CT molecular complexity index is 588. The molecule has 1 rings (SSSR count). The summed E-state index contributed by atoms with van der Waals surface area (Å²) in [5.41, 5.74) is 0.368. The van der Waals surface area contributed by atoms with E-state index in [9.17, 15) is 14.3 Å². The van der Waals surface area contributed by atoms with Crippen molar-refractivity contribution in [1.82, 2.24) is 15.5 Å². The lowest BCUT2D eigenvalue weighted by molar-refractivity contribution is -0.122. The standard InChI is InChI=1S/C16H25FN4O2.HI/c1-16(2,3)20-14(23)10-21(5)15(18-4)19-9-11-6-7-13(22)12(17)8-11;/h6-8,22H,9-10H2,1-5H3,(H,18,19)(H,20,23);1H. The molecule has 0 heterocycles. The van der Waals surface area contributed by atoms with Crippen LogP contribution in [0.1, 0.15) is 26.3 Å². The average molecular weight is 452 g/mol. The Kier molecular flexibility index (Phi) is 9.02. The Morgan fingerprint density at radius 3 is 2.50 bits per heavy atom. The molecule has 0 fully saturated rings. The highest BCUT2D eigenvalue weighted by Crippen LogP contribution is 2.15. The van der Waals surface area contributed by atoms with Crippen molar-refractivity contribution in [3.8, 4) is 5.75 Å². The molecule has 1 aromatic rings. The van der Waals surface area contributed by atoms with Gasteiger partial charge in [0.15, 0.2) is 17.5 Å². The first-order chi connectivity index (χ1) is 10.6. The summed E-state index contributed by atoms with van der Waals surface area (Å²) in [5, 5.41) is 15.1. The molecule has 6 nitrogen and oxygen atoms in total. The molecule has 0 radical (unpaired) electrons. The van der Waals surface area contributed by atoms with Gasteiger partial charge in [0.2, 0.25) is 5.91 Å². The second kappa shape index (κ2) is 9.65. The van der Waals surface area contributed by atoms with E-state index in [2.05, 4.69) is 15.6 Å². The third kappa shape index (κ3) is 7.80. The van der Waals surface area contributed by atoms with Crippen molar-refractivity contribution in [3.63, 3.8) is 0 Å². The van der Waals surface area contributed by atoms with Gasteiger partial charge in [0.05, 0.1) is 6.54 Å². The first-order valence-corrected chi connectivity index (χ1v) is 7.32. The van der Waals surface area contributed by atoms with Gasteiger partial charge in [-0.3, -0.25) is 9.79 Å². The van der Waals surface area contributed by atoms with Gasteiger partial charge in [-0.05, 0) is 38.5 Å². The molecule has 0 aromatic heterocycles. The molecule has 0 spiro atoms. The third-order valence-electron chi connectivity index (χ3n) is 2.93. The number of nitrogens with zero attached hydrogens (tertiary/aromatic N) is 2. The van der Waals surface area contributed by atoms with E-state index >= 15 is 0 Å². The molecule has 1 amide bonds. The molecule has 0 saturated carbocycles. The zero-order chi connectivity index (χ0) is 17.6. The fourth-order valence-electron chi connectivity index (χ4n) is 1.97. The van der Waals surface area contributed by atoms with Crippen LogP contribution >= 0.6 is 24.0 Å². The van der Waals surface area contributed by atoms with E-state index in [0.29, 0.717) is 18.1 Å². The molecule has 0 aliphatic carbocycles. The predicted octanol–water partition coefficient (Wildman–Crippen LogP) is 2.07. The number of hydrogen-bond acceptors (Lipinski definition) is 3. The zero-order valence-electron chi connectivity index (χ0n) is 14.7. The number of carbonyl (C=O) groups excluding carboxylic acids is 1. The molecule has 136 valence electrons. The summed E-state index contributed by atoms with van der Waals surface area (Å²) in [6.45, 7) is 6.22. The Morgan fingerprint density at radius 2 is 2.00 bits per heavy atom. The third-order valence-corrected chi connectivity index (χ3v) is 2.93. The molecular formula is C16H26FIN4O2. The highest BCUT2D eigenvalue weighted by atomic mass is 127. The first-order valence-electron chi connectivity index (χ1n) is 7.32. The lowest BCUT2D eigenvalue weighted by atomic mass is 10.1. The van der Waals surface area contributed by atoms with Gasteiger partial charge in [-0.15, -0.1) is 24.0 Å². The number of amides is 1. The molecule has 8 heteroatoms. The Morgan fingerprint density at radius 1 is 1.38 bits per heavy atom. The molecular weight excluding hydrogens is 426 g/mol. The van der Waals surface area contributed by atoms with Crippen LogP contribution in [0.4, 0.5) is 4.39 Å². The fraction of sp³-hybridized carbons (Fsp3) is 0.500. The van der Waals surface area contributed by atoms with Crippen molar-refractivity contribution in [1.29, 1.82) is 0 Å². The Balaban J connectivity index is 0.00000529. The van der Waals surface area contributed by atoms with Gasteiger partial charge in [0.25, 0.3) is 0 Å². The van der Waals surface area contributed by atoms with E-state index in [0.717, 1.165) is 0 Å². The fourth-order valence-corrected chi connectivity index (χ4v) is 1.97. The molecule has 0 atom stereocenters. The van der Waals surface area contributed by atoms with Crippen LogP contribution in [0, 0.1) is 5.82 Å². The van der Waals surface area contributed by atoms with Gasteiger partial charge < -0.3 is 20.6 Å². The summed E-state index contributed by atoms with van der Waals surface area (Å²) < 4.78 is 13.3. The number of aromatic hydroxyl groups is 1. The quantitative estimate of drug-likeness (QED) is 0.372. The lowest BCUT2D eigenvalue weighted by Gasteiger charge is -2.25. The molecule has 0 saturated heterocycles. The number of carbonyl (C=O) groups is 1. The van der Waals surface area contributed by atoms with E-state index in [-0.39, 0.29) is 47.7 Å². The van der Waals surface area contributed by atoms with E-state index < -0.39 is 5.82 Å². The van der Waals surface area contributed by atoms with Crippen molar-refractivity contribution in [2.45, 2.75) is 32.9 Å². The second-order valence-electron chi connectivity index (χ2n) is 6.34. The molecule has 0 aliphatic heterocycles. The van der Waals surface area contributed by atoms with E-state index in [1.165, 1.54) is 12.1 Å². The number of hydrogen-bond donors (Lipinski definition) is 3. The number of halogens is 2. The highest BCUT2D eigenvalue weighted by Gasteiger charge is 2.16. The minimum atomic E-state index is -0.669. The van der Waals surface area contributed by atoms with Gasteiger partial charge in [-0.25, -0.2) is 4.39 Å². The van der Waals surface area contributed by atoms with Crippen LogP contribution in [-0.4, -0.2) is 48.1 Å². The van der Waals surface area contributed by atoms with Gasteiger partial charge in [-0.1, -0.05) is 6.07 Å². The Hall–Kier alpha value is -1.58. The molecule has 0 bridgehead atoms. The van der Waals surface area contributed by atoms with Crippen molar-refractivity contribution >= 4 is 35.8 Å². The molecule has 3 N–H and O–H groups in total. The number of nitrogens with one attached hydrogen (secondary N) is 2. The maximum Gasteiger partial charge on any atom is 0.240 e. The number of benzene rings is 1. The molecule has 0 aliphatic rings. The number of aliphatic imine (C=N–C) groups is 1. The largest absolute Gasteiger partial charge is 0.505 e.